The minimum absolute atomic E-state index is 0.0322. The third kappa shape index (κ3) is 5.25. The van der Waals surface area contributed by atoms with Gasteiger partial charge in [0.2, 0.25) is 0 Å². The first-order valence-corrected chi connectivity index (χ1v) is 9.64. The Hall–Kier alpha value is -3.08. The number of nitrogens with one attached hydrogen (secondary N) is 1. The first-order valence-electron chi connectivity index (χ1n) is 9.26. The predicted molar refractivity (Wildman–Crippen MR) is 112 cm³/mol. The summed E-state index contributed by atoms with van der Waals surface area (Å²) < 4.78 is 0. The number of amides is 1. The summed E-state index contributed by atoms with van der Waals surface area (Å²) in [6.07, 6.45) is 0.504. The molecule has 1 aliphatic heterocycles. The van der Waals surface area contributed by atoms with Crippen molar-refractivity contribution < 1.29 is 14.7 Å². The molecule has 0 bridgehead atoms. The number of aromatic carboxylic acids is 1. The van der Waals surface area contributed by atoms with Crippen LogP contribution in [0.25, 0.3) is 0 Å². The lowest BCUT2D eigenvalue weighted by Gasteiger charge is -2.36. The highest BCUT2D eigenvalue weighted by Gasteiger charge is 2.20. The smallest absolute Gasteiger partial charge is 0.337 e. The predicted octanol–water partition coefficient (Wildman–Crippen LogP) is 3.33. The molecule has 2 N–H and O–H groups in total. The molecule has 1 heterocycles. The van der Waals surface area contributed by atoms with Crippen LogP contribution in [0.15, 0.2) is 42.5 Å². The molecule has 0 saturated carbocycles. The van der Waals surface area contributed by atoms with Gasteiger partial charge in [0.05, 0.1) is 17.3 Å². The van der Waals surface area contributed by atoms with Crippen LogP contribution in [0.4, 0.5) is 11.4 Å². The number of hydrogen-bond acceptors (Lipinski definition) is 5. The number of carbonyl (C=O) groups excluding carboxylic acids is 1. The van der Waals surface area contributed by atoms with Gasteiger partial charge in [-0.25, -0.2) is 4.79 Å². The van der Waals surface area contributed by atoms with E-state index in [1.807, 2.05) is 6.07 Å². The molecule has 1 aliphatic rings. The van der Waals surface area contributed by atoms with Crippen molar-refractivity contribution in [2.24, 2.45) is 0 Å². The maximum atomic E-state index is 12.4. The summed E-state index contributed by atoms with van der Waals surface area (Å²) in [6.45, 7) is 3.88. The van der Waals surface area contributed by atoms with Gasteiger partial charge in [-0.1, -0.05) is 17.7 Å². The van der Waals surface area contributed by atoms with Gasteiger partial charge in [-0.2, -0.15) is 5.26 Å². The van der Waals surface area contributed by atoms with Crippen molar-refractivity contribution in [3.63, 3.8) is 0 Å². The Balaban J connectivity index is 1.73. The lowest BCUT2D eigenvalue weighted by Crippen LogP contribution is -2.46. The number of benzene rings is 2. The second-order valence-electron chi connectivity index (χ2n) is 6.74. The van der Waals surface area contributed by atoms with Crippen LogP contribution in [0.2, 0.25) is 5.02 Å². The fourth-order valence-corrected chi connectivity index (χ4v) is 3.47. The van der Waals surface area contributed by atoms with Gasteiger partial charge in [0.1, 0.15) is 0 Å². The fourth-order valence-electron chi connectivity index (χ4n) is 3.28. The van der Waals surface area contributed by atoms with Gasteiger partial charge in [0.15, 0.2) is 0 Å². The van der Waals surface area contributed by atoms with Crippen molar-refractivity contribution in [3.8, 4) is 6.07 Å². The Morgan fingerprint density at radius 2 is 1.90 bits per heavy atom. The Bertz CT molecular complexity index is 949. The van der Waals surface area contributed by atoms with Gasteiger partial charge in [0, 0.05) is 55.4 Å². The highest BCUT2D eigenvalue weighted by molar-refractivity contribution is 6.31. The summed E-state index contributed by atoms with van der Waals surface area (Å²) in [5.74, 6) is -1.53. The number of piperazine rings is 1. The zero-order valence-electron chi connectivity index (χ0n) is 15.8. The molecule has 0 spiro atoms. The van der Waals surface area contributed by atoms with Crippen LogP contribution in [0, 0.1) is 11.3 Å². The topological polar surface area (TPSA) is 96.7 Å². The maximum Gasteiger partial charge on any atom is 0.337 e. The molecular weight excluding hydrogens is 392 g/mol. The van der Waals surface area contributed by atoms with E-state index in [1.54, 1.807) is 30.3 Å². The molecule has 0 unspecified atom stereocenters. The largest absolute Gasteiger partial charge is 0.478 e. The summed E-state index contributed by atoms with van der Waals surface area (Å²) in [5, 5.41) is 21.4. The zero-order valence-corrected chi connectivity index (χ0v) is 16.5. The van der Waals surface area contributed by atoms with Gasteiger partial charge in [-0.05, 0) is 36.4 Å². The van der Waals surface area contributed by atoms with Crippen LogP contribution in [0.5, 0.6) is 0 Å². The minimum atomic E-state index is -1.11. The van der Waals surface area contributed by atoms with Crippen molar-refractivity contribution in [3.05, 3.63) is 58.6 Å². The average Bonchev–Trinajstić information content (AvgIpc) is 2.72. The lowest BCUT2D eigenvalue weighted by atomic mass is 10.1. The Morgan fingerprint density at radius 3 is 2.55 bits per heavy atom. The SMILES string of the molecule is N#CCCN1CCN(c2ccc(NC(=O)c3cccc(Cl)c3)c(C(=O)O)c2)CC1. The molecule has 1 amide bonds. The van der Waals surface area contributed by atoms with Crippen molar-refractivity contribution >= 4 is 34.9 Å². The number of halogens is 1. The van der Waals surface area contributed by atoms with E-state index in [0.29, 0.717) is 17.0 Å². The molecule has 2 aromatic rings. The first kappa shape index (κ1) is 20.6. The molecule has 1 fully saturated rings. The Labute approximate surface area is 174 Å². The second kappa shape index (κ2) is 9.41. The number of nitrogens with zero attached hydrogens (tertiary/aromatic N) is 3. The standard InChI is InChI=1S/C21H21ClN4O3/c22-16-4-1-3-15(13-16)20(27)24-19-6-5-17(14-18(19)21(28)29)26-11-9-25(10-12-26)8-2-7-23/h1,3-6,13-14H,2,8-12H2,(H,24,27)(H,28,29). The molecule has 1 saturated heterocycles. The summed E-state index contributed by atoms with van der Waals surface area (Å²) in [6, 6.07) is 13.6. The van der Waals surface area contributed by atoms with E-state index in [9.17, 15) is 14.7 Å². The average molecular weight is 413 g/mol. The summed E-state index contributed by atoms with van der Waals surface area (Å²) in [5.41, 5.74) is 1.41. The van der Waals surface area contributed by atoms with Gasteiger partial charge < -0.3 is 15.3 Å². The summed E-state index contributed by atoms with van der Waals surface area (Å²) in [4.78, 5) is 28.5. The molecule has 2 aromatic carbocycles. The maximum absolute atomic E-state index is 12.4. The van der Waals surface area contributed by atoms with E-state index >= 15 is 0 Å². The fraction of sp³-hybridized carbons (Fsp3) is 0.286. The lowest BCUT2D eigenvalue weighted by molar-refractivity contribution is 0.0698. The van der Waals surface area contributed by atoms with E-state index < -0.39 is 11.9 Å². The quantitative estimate of drug-likeness (QED) is 0.755. The molecule has 3 rings (SSSR count). The molecule has 0 atom stereocenters. The summed E-state index contributed by atoms with van der Waals surface area (Å²) in [7, 11) is 0. The van der Waals surface area contributed by atoms with Gasteiger partial charge in [-0.3, -0.25) is 9.69 Å². The first-order chi connectivity index (χ1) is 14.0. The van der Waals surface area contributed by atoms with Gasteiger partial charge >= 0.3 is 5.97 Å². The minimum Gasteiger partial charge on any atom is -0.478 e. The second-order valence-corrected chi connectivity index (χ2v) is 7.17. The van der Waals surface area contributed by atoms with E-state index in [2.05, 4.69) is 21.2 Å². The molecular formula is C21H21ClN4O3. The molecule has 29 heavy (non-hydrogen) atoms. The Morgan fingerprint density at radius 1 is 1.14 bits per heavy atom. The van der Waals surface area contributed by atoms with Crippen LogP contribution in [-0.4, -0.2) is 54.6 Å². The molecule has 0 aromatic heterocycles. The number of anilines is 2. The number of carboxylic acids is 1. The number of carboxylic acid groups (broad SMARTS) is 1. The van der Waals surface area contributed by atoms with E-state index in [-0.39, 0.29) is 11.3 Å². The highest BCUT2D eigenvalue weighted by atomic mass is 35.5. The molecule has 0 aliphatic carbocycles. The van der Waals surface area contributed by atoms with Crippen LogP contribution in [-0.2, 0) is 0 Å². The molecule has 150 valence electrons. The third-order valence-electron chi connectivity index (χ3n) is 4.85. The number of rotatable bonds is 6. The van der Waals surface area contributed by atoms with Crippen molar-refractivity contribution in [2.45, 2.75) is 6.42 Å². The normalized spacial score (nSPS) is 14.3. The third-order valence-corrected chi connectivity index (χ3v) is 5.08. The molecule has 7 nitrogen and oxygen atoms in total. The van der Waals surface area contributed by atoms with Crippen LogP contribution >= 0.6 is 11.6 Å². The molecule has 0 radical (unpaired) electrons. The highest BCUT2D eigenvalue weighted by Crippen LogP contribution is 2.25. The van der Waals surface area contributed by atoms with Crippen LogP contribution in [0.1, 0.15) is 27.1 Å². The number of hydrogen-bond donors (Lipinski definition) is 2. The van der Waals surface area contributed by atoms with Crippen molar-refractivity contribution in [2.75, 3.05) is 42.9 Å². The van der Waals surface area contributed by atoms with Crippen LogP contribution < -0.4 is 10.2 Å². The zero-order chi connectivity index (χ0) is 20.8. The van der Waals surface area contributed by atoms with Gasteiger partial charge in [-0.15, -0.1) is 0 Å². The van der Waals surface area contributed by atoms with Crippen LogP contribution in [0.3, 0.4) is 0 Å². The van der Waals surface area contributed by atoms with Crippen molar-refractivity contribution in [1.82, 2.24) is 4.90 Å². The van der Waals surface area contributed by atoms with Crippen molar-refractivity contribution in [1.29, 1.82) is 5.26 Å². The number of carbonyl (C=O) groups is 2. The van der Waals surface area contributed by atoms with E-state index in [1.165, 1.54) is 6.07 Å². The Kier molecular flexibility index (Phi) is 6.70. The summed E-state index contributed by atoms with van der Waals surface area (Å²) >= 11 is 5.92. The van der Waals surface area contributed by atoms with E-state index in [4.69, 9.17) is 16.9 Å². The monoisotopic (exact) mass is 412 g/mol. The van der Waals surface area contributed by atoms with Gasteiger partial charge in [0.25, 0.3) is 5.91 Å². The number of nitriles is 1. The van der Waals surface area contributed by atoms with E-state index in [0.717, 1.165) is 38.4 Å². The molecule has 8 heteroatoms.